The number of hydrogen-bond donors (Lipinski definition) is 0. The molecule has 1 aliphatic rings. The van der Waals surface area contributed by atoms with Crippen molar-refractivity contribution in [1.29, 1.82) is 0 Å². The lowest BCUT2D eigenvalue weighted by atomic mass is 10.1. The number of rotatable bonds is 5. The summed E-state index contributed by atoms with van der Waals surface area (Å²) in [6, 6.07) is 6.57. The molecule has 2 aromatic heterocycles. The number of piperidine rings is 1. The molecule has 1 fully saturated rings. The predicted molar refractivity (Wildman–Crippen MR) is 96.9 cm³/mol. The highest BCUT2D eigenvalue weighted by Crippen LogP contribution is 2.31. The lowest BCUT2D eigenvalue weighted by molar-refractivity contribution is -0.139. The number of ether oxygens (including phenoxy) is 1. The van der Waals surface area contributed by atoms with Gasteiger partial charge in [0.05, 0.1) is 11.7 Å². The minimum atomic E-state index is -4.31. The highest BCUT2D eigenvalue weighted by atomic mass is 32.2. The quantitative estimate of drug-likeness (QED) is 0.621. The molecule has 0 spiro atoms. The Morgan fingerprint density at radius 2 is 1.97 bits per heavy atom. The molecule has 156 valence electrons. The van der Waals surface area contributed by atoms with Gasteiger partial charge in [0.15, 0.2) is 0 Å². The Morgan fingerprint density at radius 3 is 2.62 bits per heavy atom. The van der Waals surface area contributed by atoms with Crippen LogP contribution in [0.2, 0.25) is 0 Å². The first-order valence-electron chi connectivity index (χ1n) is 8.95. The van der Waals surface area contributed by atoms with Gasteiger partial charge < -0.3 is 13.8 Å². The molecule has 11 heteroatoms. The van der Waals surface area contributed by atoms with Crippen molar-refractivity contribution in [3.05, 3.63) is 42.9 Å². The molecule has 1 aromatic carbocycles. The number of aromatic nitrogens is 2. The van der Waals surface area contributed by atoms with Crippen LogP contribution in [-0.4, -0.2) is 47.8 Å². The fourth-order valence-electron chi connectivity index (χ4n) is 3.47. The molecular weight excluding hydrogens is 411 g/mol. The topological polar surface area (TPSA) is 77.6 Å². The molecule has 29 heavy (non-hydrogen) atoms. The fourth-order valence-corrected chi connectivity index (χ4v) is 4.80. The van der Waals surface area contributed by atoms with Crippen LogP contribution in [0, 0.1) is 0 Å². The molecule has 0 aliphatic carbocycles. The zero-order valence-corrected chi connectivity index (χ0v) is 16.0. The Bertz CT molecular complexity index is 1090. The monoisotopic (exact) mass is 429 g/mol. The first-order valence-corrected chi connectivity index (χ1v) is 10.4. The summed E-state index contributed by atoms with van der Waals surface area (Å²) in [5.41, 5.74) is 0.437. The number of benzene rings is 1. The number of nitrogens with zero attached hydrogens (tertiary/aromatic N) is 3. The number of sulfonamides is 1. The third kappa shape index (κ3) is 4.10. The Labute approximate surface area is 164 Å². The average molecular weight is 429 g/mol. The van der Waals surface area contributed by atoms with Crippen molar-refractivity contribution in [2.75, 3.05) is 13.1 Å². The molecule has 0 atom stereocenters. The molecule has 3 heterocycles. The van der Waals surface area contributed by atoms with E-state index in [-0.39, 0.29) is 24.1 Å². The van der Waals surface area contributed by atoms with Crippen molar-refractivity contribution >= 4 is 20.9 Å². The maximum atomic E-state index is 12.7. The summed E-state index contributed by atoms with van der Waals surface area (Å²) in [4.78, 5) is 0.00707. The first kappa shape index (κ1) is 19.8. The molecule has 0 N–H and O–H groups in total. The summed E-state index contributed by atoms with van der Waals surface area (Å²) < 4.78 is 76.3. The molecule has 0 bridgehead atoms. The van der Waals surface area contributed by atoms with Crippen molar-refractivity contribution in [3.63, 3.8) is 0 Å². The predicted octanol–water partition coefficient (Wildman–Crippen LogP) is 3.42. The summed E-state index contributed by atoms with van der Waals surface area (Å²) in [7, 11) is -3.65. The maximum Gasteiger partial charge on any atom is 0.406 e. The van der Waals surface area contributed by atoms with Crippen LogP contribution in [0.4, 0.5) is 13.2 Å². The molecule has 0 unspecified atom stereocenters. The van der Waals surface area contributed by atoms with Crippen LogP contribution in [0.5, 0.6) is 5.75 Å². The van der Waals surface area contributed by atoms with Gasteiger partial charge in [-0.3, -0.25) is 0 Å². The Hall–Kier alpha value is -2.53. The van der Waals surface area contributed by atoms with Crippen LogP contribution in [-0.2, 0) is 16.6 Å². The van der Waals surface area contributed by atoms with Crippen molar-refractivity contribution in [1.82, 2.24) is 14.0 Å². The van der Waals surface area contributed by atoms with Crippen molar-refractivity contribution in [2.24, 2.45) is 0 Å². The van der Waals surface area contributed by atoms with E-state index in [0.717, 1.165) is 17.0 Å². The Morgan fingerprint density at radius 1 is 1.21 bits per heavy atom. The summed E-state index contributed by atoms with van der Waals surface area (Å²) in [6.07, 6.45) is 0.00795. The summed E-state index contributed by atoms with van der Waals surface area (Å²) in [5, 5.41) is 4.02. The van der Waals surface area contributed by atoms with E-state index < -0.39 is 22.7 Å². The second-order valence-corrected chi connectivity index (χ2v) is 8.77. The van der Waals surface area contributed by atoms with E-state index in [1.165, 1.54) is 10.5 Å². The largest absolute Gasteiger partial charge is 0.490 e. The van der Waals surface area contributed by atoms with Crippen molar-refractivity contribution < 1.29 is 30.8 Å². The van der Waals surface area contributed by atoms with Gasteiger partial charge in [-0.2, -0.15) is 17.5 Å². The molecular formula is C18H18F3N3O4S. The smallest absolute Gasteiger partial charge is 0.406 e. The van der Waals surface area contributed by atoms with Gasteiger partial charge in [-0.15, -0.1) is 0 Å². The number of fused-ring (bicyclic) bond motifs is 1. The standard InChI is InChI=1S/C18H18F3N3O4S/c19-18(20,21)12-23-7-6-15-16(23)2-1-3-17(15)28-13-4-8-24(9-5-13)29(25,26)14-10-22-27-11-14/h1-3,6-7,10-11,13H,4-5,8-9,12H2. The van der Waals surface area contributed by atoms with E-state index >= 15 is 0 Å². The van der Waals surface area contributed by atoms with Gasteiger partial charge >= 0.3 is 6.18 Å². The molecule has 1 saturated heterocycles. The van der Waals surface area contributed by atoms with Gasteiger partial charge in [0.1, 0.15) is 29.6 Å². The van der Waals surface area contributed by atoms with E-state index in [0.29, 0.717) is 29.5 Å². The highest BCUT2D eigenvalue weighted by molar-refractivity contribution is 7.89. The minimum absolute atomic E-state index is 0.00707. The highest BCUT2D eigenvalue weighted by Gasteiger charge is 2.32. The maximum absolute atomic E-state index is 12.7. The van der Waals surface area contributed by atoms with Crippen LogP contribution >= 0.6 is 0 Å². The van der Waals surface area contributed by atoms with E-state index in [4.69, 9.17) is 4.74 Å². The average Bonchev–Trinajstić information content (AvgIpc) is 3.33. The lowest BCUT2D eigenvalue weighted by Crippen LogP contribution is -2.41. The van der Waals surface area contributed by atoms with Crippen LogP contribution in [0.1, 0.15) is 12.8 Å². The molecule has 0 amide bonds. The third-order valence-electron chi connectivity index (χ3n) is 4.87. The zero-order valence-electron chi connectivity index (χ0n) is 15.2. The van der Waals surface area contributed by atoms with E-state index in [1.54, 1.807) is 24.3 Å². The Kier molecular flexibility index (Phi) is 5.03. The third-order valence-corrected chi connectivity index (χ3v) is 6.71. The number of halogens is 3. The number of hydrogen-bond acceptors (Lipinski definition) is 5. The van der Waals surface area contributed by atoms with Crippen molar-refractivity contribution in [3.8, 4) is 5.75 Å². The van der Waals surface area contributed by atoms with E-state index in [1.807, 2.05) is 0 Å². The van der Waals surface area contributed by atoms with Gasteiger partial charge in [0.25, 0.3) is 0 Å². The molecule has 4 rings (SSSR count). The van der Waals surface area contributed by atoms with Crippen LogP contribution < -0.4 is 4.74 Å². The van der Waals surface area contributed by atoms with E-state index in [2.05, 4.69) is 9.68 Å². The lowest BCUT2D eigenvalue weighted by Gasteiger charge is -2.31. The molecule has 0 saturated carbocycles. The molecule has 0 radical (unpaired) electrons. The van der Waals surface area contributed by atoms with Crippen molar-refractivity contribution in [2.45, 2.75) is 36.6 Å². The summed E-state index contributed by atoms with van der Waals surface area (Å²) in [5.74, 6) is 0.490. The zero-order chi connectivity index (χ0) is 20.6. The van der Waals surface area contributed by atoms with Gasteiger partial charge in [-0.05, 0) is 31.0 Å². The molecule has 1 aliphatic heterocycles. The minimum Gasteiger partial charge on any atom is -0.490 e. The van der Waals surface area contributed by atoms with Crippen LogP contribution in [0.15, 0.2) is 52.3 Å². The van der Waals surface area contributed by atoms with Gasteiger partial charge in [-0.25, -0.2) is 8.42 Å². The van der Waals surface area contributed by atoms with Crippen LogP contribution in [0.25, 0.3) is 10.9 Å². The first-order chi connectivity index (χ1) is 13.7. The molecule has 7 nitrogen and oxygen atoms in total. The number of alkyl halides is 3. The van der Waals surface area contributed by atoms with Crippen LogP contribution in [0.3, 0.4) is 0 Å². The summed E-state index contributed by atoms with van der Waals surface area (Å²) in [6.45, 7) is -0.536. The normalized spacial score (nSPS) is 17.1. The molecule has 3 aromatic rings. The SMILES string of the molecule is O=S(=O)(c1cnoc1)N1CCC(Oc2cccc3c2ccn3CC(F)(F)F)CC1. The van der Waals surface area contributed by atoms with Gasteiger partial charge in [-0.1, -0.05) is 11.2 Å². The van der Waals surface area contributed by atoms with Gasteiger partial charge in [0, 0.05) is 24.7 Å². The summed E-state index contributed by atoms with van der Waals surface area (Å²) >= 11 is 0. The Balaban J connectivity index is 1.45. The van der Waals surface area contributed by atoms with Gasteiger partial charge in [0.2, 0.25) is 10.0 Å². The van der Waals surface area contributed by atoms with E-state index in [9.17, 15) is 21.6 Å². The second-order valence-electron chi connectivity index (χ2n) is 6.83. The fraction of sp³-hybridized carbons (Fsp3) is 0.389. The second kappa shape index (κ2) is 7.38.